The van der Waals surface area contributed by atoms with Gasteiger partial charge in [0.2, 0.25) is 0 Å². The summed E-state index contributed by atoms with van der Waals surface area (Å²) in [5.74, 6) is -0.0773. The highest BCUT2D eigenvalue weighted by Crippen LogP contribution is 2.34. The van der Waals surface area contributed by atoms with Gasteiger partial charge in [0.15, 0.2) is 0 Å². The van der Waals surface area contributed by atoms with Crippen LogP contribution < -0.4 is 0 Å². The normalized spacial score (nSPS) is 26.6. The highest BCUT2D eigenvalue weighted by atomic mass is 16.3. The summed E-state index contributed by atoms with van der Waals surface area (Å²) in [6.45, 7) is 7.63. The van der Waals surface area contributed by atoms with Crippen LogP contribution in [0, 0.1) is 5.41 Å². The first kappa shape index (κ1) is 15.5. The summed E-state index contributed by atoms with van der Waals surface area (Å²) in [4.78, 5) is 16.6. The molecule has 2 aliphatic rings. The fourth-order valence-electron chi connectivity index (χ4n) is 3.63. The maximum atomic E-state index is 12.3. The number of carbonyl (C=O) groups excluding carboxylic acids is 1. The molecule has 1 amide bonds. The first-order valence-corrected chi connectivity index (χ1v) is 8.22. The Morgan fingerprint density at radius 2 is 1.82 bits per heavy atom. The molecule has 1 aromatic rings. The molecule has 2 heterocycles. The first-order valence-electron chi connectivity index (χ1n) is 8.22. The number of amides is 1. The van der Waals surface area contributed by atoms with Crippen molar-refractivity contribution in [1.29, 1.82) is 0 Å². The molecule has 120 valence electrons. The number of nitrogens with zero attached hydrogens (tertiary/aromatic N) is 2. The maximum Gasteiger partial charge on any atom is 0.252 e. The molecule has 3 rings (SSSR count). The topological polar surface area (TPSA) is 43.8 Å². The molecule has 0 radical (unpaired) electrons. The van der Waals surface area contributed by atoms with Crippen molar-refractivity contribution in [2.45, 2.75) is 45.4 Å². The van der Waals surface area contributed by atoms with Crippen LogP contribution in [-0.4, -0.2) is 52.6 Å². The Hall–Kier alpha value is -1.39. The van der Waals surface area contributed by atoms with Crippen LogP contribution in [0.4, 0.5) is 0 Å². The molecule has 0 saturated carbocycles. The predicted octanol–water partition coefficient (Wildman–Crippen LogP) is 1.88. The van der Waals surface area contributed by atoms with Crippen molar-refractivity contribution in [2.24, 2.45) is 5.41 Å². The summed E-state index contributed by atoms with van der Waals surface area (Å²) in [6, 6.07) is 10.8. The van der Waals surface area contributed by atoms with Gasteiger partial charge < -0.3 is 10.0 Å². The van der Waals surface area contributed by atoms with E-state index in [1.807, 2.05) is 24.8 Å². The molecule has 1 unspecified atom stereocenters. The lowest BCUT2D eigenvalue weighted by Crippen LogP contribution is -2.46. The van der Waals surface area contributed by atoms with Crippen molar-refractivity contribution in [2.75, 3.05) is 19.6 Å². The second kappa shape index (κ2) is 6.01. The van der Waals surface area contributed by atoms with E-state index in [1.165, 1.54) is 5.56 Å². The van der Waals surface area contributed by atoms with Crippen molar-refractivity contribution in [1.82, 2.24) is 9.80 Å². The number of aliphatic hydroxyl groups is 1. The monoisotopic (exact) mass is 302 g/mol. The van der Waals surface area contributed by atoms with Gasteiger partial charge in [-0.25, -0.2) is 0 Å². The summed E-state index contributed by atoms with van der Waals surface area (Å²) in [6.07, 6.45) is 1.16. The smallest absolute Gasteiger partial charge is 0.252 e. The van der Waals surface area contributed by atoms with Crippen molar-refractivity contribution in [3.63, 3.8) is 0 Å². The molecule has 0 bridgehead atoms. The molecular formula is C18H26N2O2. The van der Waals surface area contributed by atoms with E-state index in [4.69, 9.17) is 0 Å². The summed E-state index contributed by atoms with van der Waals surface area (Å²) in [7, 11) is 0. The van der Waals surface area contributed by atoms with Gasteiger partial charge >= 0.3 is 0 Å². The average Bonchev–Trinajstić information content (AvgIpc) is 2.73. The molecule has 2 saturated heterocycles. The lowest BCUT2D eigenvalue weighted by Gasteiger charge is -2.37. The van der Waals surface area contributed by atoms with Crippen LogP contribution >= 0.6 is 0 Å². The molecule has 1 N–H and O–H groups in total. The maximum absolute atomic E-state index is 12.3. The van der Waals surface area contributed by atoms with Gasteiger partial charge in [-0.15, -0.1) is 0 Å². The van der Waals surface area contributed by atoms with Gasteiger partial charge in [0.25, 0.3) is 5.91 Å². The van der Waals surface area contributed by atoms with Crippen LogP contribution in [-0.2, 0) is 11.3 Å². The number of likely N-dealkylation sites (tertiary alicyclic amines) is 2. The average molecular weight is 302 g/mol. The van der Waals surface area contributed by atoms with Crippen LogP contribution in [0.25, 0.3) is 0 Å². The third kappa shape index (κ3) is 3.03. The molecule has 1 aromatic carbocycles. The van der Waals surface area contributed by atoms with Gasteiger partial charge in [0.05, 0.1) is 0 Å². The Kier molecular flexibility index (Phi) is 4.24. The number of piperidine rings is 1. The van der Waals surface area contributed by atoms with E-state index in [1.54, 1.807) is 0 Å². The van der Waals surface area contributed by atoms with Gasteiger partial charge in [-0.1, -0.05) is 44.2 Å². The van der Waals surface area contributed by atoms with Gasteiger partial charge in [0, 0.05) is 37.6 Å². The zero-order valence-electron chi connectivity index (χ0n) is 13.5. The molecule has 1 atom stereocenters. The molecule has 22 heavy (non-hydrogen) atoms. The number of aliphatic hydroxyl groups excluding tert-OH is 1. The Bertz CT molecular complexity index is 521. The van der Waals surface area contributed by atoms with Crippen molar-refractivity contribution in [3.8, 4) is 0 Å². The van der Waals surface area contributed by atoms with Crippen molar-refractivity contribution >= 4 is 5.91 Å². The summed E-state index contributed by atoms with van der Waals surface area (Å²) >= 11 is 0. The molecule has 0 aliphatic carbocycles. The van der Waals surface area contributed by atoms with Gasteiger partial charge in [-0.05, 0) is 18.4 Å². The Morgan fingerprint density at radius 1 is 1.18 bits per heavy atom. The number of hydrogen-bond acceptors (Lipinski definition) is 3. The zero-order valence-corrected chi connectivity index (χ0v) is 13.5. The Morgan fingerprint density at radius 3 is 2.36 bits per heavy atom. The minimum atomic E-state index is -0.838. The molecular weight excluding hydrogens is 276 g/mol. The molecule has 2 aliphatic heterocycles. The Labute approximate surface area is 132 Å². The van der Waals surface area contributed by atoms with E-state index in [-0.39, 0.29) is 17.4 Å². The standard InChI is InChI=1S/C18H26N2O2/c1-18(2)13-20(17(22)16(18)21)15-8-10-19(11-9-15)12-14-6-4-3-5-7-14/h3-7,15-16,21H,8-13H2,1-2H3. The van der Waals surface area contributed by atoms with Gasteiger partial charge in [-0.3, -0.25) is 9.69 Å². The summed E-state index contributed by atoms with van der Waals surface area (Å²) in [5.41, 5.74) is 1.02. The molecule has 2 fully saturated rings. The van der Waals surface area contributed by atoms with Crippen molar-refractivity contribution in [3.05, 3.63) is 35.9 Å². The zero-order chi connectivity index (χ0) is 15.7. The van der Waals surface area contributed by atoms with Crippen LogP contribution in [0.5, 0.6) is 0 Å². The van der Waals surface area contributed by atoms with Crippen LogP contribution in [0.3, 0.4) is 0 Å². The predicted molar refractivity (Wildman–Crippen MR) is 86.2 cm³/mol. The fourth-order valence-corrected chi connectivity index (χ4v) is 3.63. The van der Waals surface area contributed by atoms with E-state index in [9.17, 15) is 9.90 Å². The first-order chi connectivity index (χ1) is 10.5. The highest BCUT2D eigenvalue weighted by molar-refractivity contribution is 5.84. The SMILES string of the molecule is CC1(C)CN(C2CCN(Cc3ccccc3)CC2)C(=O)C1O. The van der Waals surface area contributed by atoms with E-state index >= 15 is 0 Å². The van der Waals surface area contributed by atoms with E-state index < -0.39 is 6.10 Å². The number of hydrogen-bond donors (Lipinski definition) is 1. The van der Waals surface area contributed by atoms with Crippen LogP contribution in [0.2, 0.25) is 0 Å². The second-order valence-corrected chi connectivity index (χ2v) is 7.35. The largest absolute Gasteiger partial charge is 0.383 e. The molecule has 4 heteroatoms. The second-order valence-electron chi connectivity index (χ2n) is 7.35. The molecule has 0 spiro atoms. The third-order valence-corrected chi connectivity index (χ3v) is 5.08. The lowest BCUT2D eigenvalue weighted by molar-refractivity contribution is -0.138. The van der Waals surface area contributed by atoms with E-state index in [0.717, 1.165) is 32.5 Å². The lowest BCUT2D eigenvalue weighted by atomic mass is 9.90. The van der Waals surface area contributed by atoms with Crippen molar-refractivity contribution < 1.29 is 9.90 Å². The minimum Gasteiger partial charge on any atom is -0.383 e. The summed E-state index contributed by atoms with van der Waals surface area (Å²) < 4.78 is 0. The van der Waals surface area contributed by atoms with Crippen LogP contribution in [0.15, 0.2) is 30.3 Å². The minimum absolute atomic E-state index is 0.0773. The van der Waals surface area contributed by atoms with Crippen LogP contribution in [0.1, 0.15) is 32.3 Å². The molecule has 4 nitrogen and oxygen atoms in total. The fraction of sp³-hybridized carbons (Fsp3) is 0.611. The number of carbonyl (C=O) groups is 1. The number of benzene rings is 1. The van der Waals surface area contributed by atoms with Gasteiger partial charge in [0.1, 0.15) is 6.10 Å². The quantitative estimate of drug-likeness (QED) is 0.927. The molecule has 0 aromatic heterocycles. The highest BCUT2D eigenvalue weighted by Gasteiger charge is 2.47. The summed E-state index contributed by atoms with van der Waals surface area (Å²) in [5, 5.41) is 10.1. The van der Waals surface area contributed by atoms with Gasteiger partial charge in [-0.2, -0.15) is 0 Å². The number of rotatable bonds is 3. The van der Waals surface area contributed by atoms with E-state index in [0.29, 0.717) is 6.54 Å². The third-order valence-electron chi connectivity index (χ3n) is 5.08. The van der Waals surface area contributed by atoms with E-state index in [2.05, 4.69) is 29.2 Å². The Balaban J connectivity index is 1.55.